The fourth-order valence-electron chi connectivity index (χ4n) is 4.00. The number of aromatic nitrogens is 2. The fourth-order valence-corrected chi connectivity index (χ4v) is 4.00. The normalized spacial score (nSPS) is 15.8. The lowest BCUT2D eigenvalue weighted by Crippen LogP contribution is -2.41. The molecule has 2 aromatic rings. The van der Waals surface area contributed by atoms with Crippen molar-refractivity contribution in [3.05, 3.63) is 58.0 Å². The Morgan fingerprint density at radius 2 is 1.86 bits per heavy atom. The number of H-pyrrole nitrogens is 1. The zero-order valence-corrected chi connectivity index (χ0v) is 19.6. The molecule has 12 heteroatoms. The van der Waals surface area contributed by atoms with E-state index in [0.29, 0.717) is 6.07 Å². The Morgan fingerprint density at radius 1 is 1.20 bits per heavy atom. The van der Waals surface area contributed by atoms with E-state index in [1.54, 1.807) is 13.8 Å². The lowest BCUT2D eigenvalue weighted by Gasteiger charge is -2.32. The van der Waals surface area contributed by atoms with Crippen LogP contribution in [0.3, 0.4) is 0 Å². The molecule has 0 aliphatic carbocycles. The van der Waals surface area contributed by atoms with E-state index < -0.39 is 46.9 Å². The molecule has 1 aliphatic rings. The average molecular weight is 501 g/mol. The van der Waals surface area contributed by atoms with Crippen molar-refractivity contribution in [2.45, 2.75) is 45.4 Å². The van der Waals surface area contributed by atoms with Crippen LogP contribution < -0.4 is 0 Å². The van der Waals surface area contributed by atoms with Gasteiger partial charge in [0.1, 0.15) is 5.57 Å². The van der Waals surface area contributed by atoms with E-state index in [2.05, 4.69) is 10.2 Å². The smallest absolute Gasteiger partial charge is 0.435 e. The summed E-state index contributed by atoms with van der Waals surface area (Å²) in [5.41, 5.74) is -4.01. The molecule has 0 radical (unpaired) electrons. The number of methoxy groups -OCH3 is 1. The van der Waals surface area contributed by atoms with Gasteiger partial charge in [-0.05, 0) is 32.0 Å². The summed E-state index contributed by atoms with van der Waals surface area (Å²) in [6.45, 7) is 5.25. The first-order valence-electron chi connectivity index (χ1n) is 10.6. The topological polar surface area (TPSA) is 84.5 Å². The van der Waals surface area contributed by atoms with Crippen molar-refractivity contribution in [3.8, 4) is 0 Å². The van der Waals surface area contributed by atoms with E-state index in [1.165, 1.54) is 21.0 Å². The van der Waals surface area contributed by atoms with E-state index in [4.69, 9.17) is 9.47 Å². The van der Waals surface area contributed by atoms with Crippen LogP contribution in [0.4, 0.5) is 22.0 Å². The maximum Gasteiger partial charge on any atom is 0.435 e. The van der Waals surface area contributed by atoms with Crippen molar-refractivity contribution >= 4 is 17.4 Å². The highest BCUT2D eigenvalue weighted by Gasteiger charge is 2.48. The summed E-state index contributed by atoms with van der Waals surface area (Å²) in [5.74, 6) is -4.34. The number of carbonyl (C=O) groups excluding carboxylic acids is 2. The van der Waals surface area contributed by atoms with Gasteiger partial charge >= 0.3 is 12.1 Å². The summed E-state index contributed by atoms with van der Waals surface area (Å²) in [6.07, 6.45) is -5.51. The van der Waals surface area contributed by atoms with Crippen LogP contribution in [-0.4, -0.2) is 53.3 Å². The maximum absolute atomic E-state index is 13.9. The molecule has 7 nitrogen and oxygen atoms in total. The van der Waals surface area contributed by atoms with Crippen LogP contribution in [0.5, 0.6) is 0 Å². The molecule has 1 amide bonds. The number of amides is 1. The molecular formula is C23H24F5N3O4. The van der Waals surface area contributed by atoms with Gasteiger partial charge in [0, 0.05) is 30.2 Å². The summed E-state index contributed by atoms with van der Waals surface area (Å²) in [5, 5.41) is 5.74. The zero-order valence-electron chi connectivity index (χ0n) is 19.6. The lowest BCUT2D eigenvalue weighted by atomic mass is 9.81. The van der Waals surface area contributed by atoms with E-state index in [1.807, 2.05) is 0 Å². The first kappa shape index (κ1) is 26.3. The first-order valence-corrected chi connectivity index (χ1v) is 10.6. The van der Waals surface area contributed by atoms with Crippen molar-refractivity contribution < 1.29 is 41.0 Å². The summed E-state index contributed by atoms with van der Waals surface area (Å²) in [7, 11) is 1.27. The second-order valence-corrected chi connectivity index (χ2v) is 8.93. The Kier molecular flexibility index (Phi) is 7.07. The summed E-state index contributed by atoms with van der Waals surface area (Å²) >= 11 is 0. The highest BCUT2D eigenvalue weighted by Crippen LogP contribution is 2.44. The number of rotatable bonds is 5. The number of hydrogen-bond acceptors (Lipinski definition) is 5. The molecular weight excluding hydrogens is 477 g/mol. The molecule has 0 atom stereocenters. The van der Waals surface area contributed by atoms with E-state index in [0.717, 1.165) is 17.0 Å². The number of esters is 1. The number of benzene rings is 1. The fraction of sp³-hybridized carbons (Fsp3) is 0.435. The third kappa shape index (κ3) is 5.07. The highest BCUT2D eigenvalue weighted by molar-refractivity contribution is 6.18. The minimum atomic E-state index is -4.87. The van der Waals surface area contributed by atoms with Crippen LogP contribution in [0.2, 0.25) is 0 Å². The summed E-state index contributed by atoms with van der Waals surface area (Å²) in [4.78, 5) is 27.7. The number of ether oxygens (including phenoxy) is 2. The van der Waals surface area contributed by atoms with Crippen LogP contribution in [-0.2, 0) is 25.9 Å². The second-order valence-electron chi connectivity index (χ2n) is 8.93. The molecule has 0 fully saturated rings. The van der Waals surface area contributed by atoms with Gasteiger partial charge in [-0.25, -0.2) is 13.6 Å². The molecule has 190 valence electrons. The number of halogens is 5. The van der Waals surface area contributed by atoms with Crippen LogP contribution in [0.1, 0.15) is 55.0 Å². The van der Waals surface area contributed by atoms with Gasteiger partial charge in [-0.2, -0.15) is 18.3 Å². The number of fused-ring (bicyclic) bond motifs is 1. The monoisotopic (exact) mass is 501 g/mol. The predicted molar refractivity (Wildman–Crippen MR) is 114 cm³/mol. The number of carbonyl (C=O) groups is 2. The lowest BCUT2D eigenvalue weighted by molar-refractivity contribution is -0.142. The van der Waals surface area contributed by atoms with E-state index in [9.17, 15) is 31.5 Å². The molecule has 2 heterocycles. The van der Waals surface area contributed by atoms with Crippen molar-refractivity contribution in [3.63, 3.8) is 0 Å². The third-order valence-corrected chi connectivity index (χ3v) is 5.37. The number of aromatic amines is 1. The largest absolute Gasteiger partial charge is 0.459 e. The maximum atomic E-state index is 13.9. The van der Waals surface area contributed by atoms with E-state index in [-0.39, 0.29) is 41.2 Å². The summed E-state index contributed by atoms with van der Waals surface area (Å²) in [6, 6.07) is 2.47. The molecule has 1 aromatic heterocycles. The van der Waals surface area contributed by atoms with Crippen LogP contribution in [0.25, 0.3) is 5.57 Å². The Morgan fingerprint density at radius 3 is 2.40 bits per heavy atom. The molecule has 0 bridgehead atoms. The SMILES string of the molecule is COCC1=C(C(=O)OC(C)C)c2[nH]nc(C(F)(F)F)c2C(C)(C)CN1C(=O)c1ccc(F)c(F)c1. The first-order chi connectivity index (χ1) is 16.2. The third-order valence-electron chi connectivity index (χ3n) is 5.37. The molecule has 0 saturated carbocycles. The van der Waals surface area contributed by atoms with Crippen molar-refractivity contribution in [2.24, 2.45) is 0 Å². The van der Waals surface area contributed by atoms with Crippen LogP contribution >= 0.6 is 0 Å². The van der Waals surface area contributed by atoms with Gasteiger partial charge in [-0.1, -0.05) is 13.8 Å². The van der Waals surface area contributed by atoms with E-state index >= 15 is 0 Å². The number of hydrogen-bond donors (Lipinski definition) is 1. The average Bonchev–Trinajstić information content (AvgIpc) is 3.16. The Hall–Kier alpha value is -3.28. The van der Waals surface area contributed by atoms with Crippen LogP contribution in [0.15, 0.2) is 23.9 Å². The molecule has 1 aromatic carbocycles. The number of nitrogens with zero attached hydrogens (tertiary/aromatic N) is 2. The van der Waals surface area contributed by atoms with Crippen LogP contribution in [0, 0.1) is 11.6 Å². The zero-order chi connectivity index (χ0) is 26.3. The predicted octanol–water partition coefficient (Wildman–Crippen LogP) is 4.45. The Bertz CT molecular complexity index is 1180. The molecule has 0 spiro atoms. The Labute approximate surface area is 197 Å². The van der Waals surface area contributed by atoms with Gasteiger partial charge in [-0.3, -0.25) is 9.89 Å². The molecule has 1 N–H and O–H groups in total. The summed E-state index contributed by atoms with van der Waals surface area (Å²) < 4.78 is 79.4. The van der Waals surface area contributed by atoms with Gasteiger partial charge in [-0.15, -0.1) is 0 Å². The Balaban J connectivity index is 2.33. The van der Waals surface area contributed by atoms with Gasteiger partial charge in [0.05, 0.1) is 24.1 Å². The molecule has 3 rings (SSSR count). The van der Waals surface area contributed by atoms with Crippen molar-refractivity contribution in [1.82, 2.24) is 15.1 Å². The molecule has 0 unspecified atom stereocenters. The van der Waals surface area contributed by atoms with Gasteiger partial charge in [0.2, 0.25) is 0 Å². The number of nitrogens with one attached hydrogen (secondary N) is 1. The van der Waals surface area contributed by atoms with Gasteiger partial charge in [0.15, 0.2) is 17.3 Å². The molecule has 35 heavy (non-hydrogen) atoms. The minimum Gasteiger partial charge on any atom is -0.459 e. The van der Waals surface area contributed by atoms with Gasteiger partial charge in [0.25, 0.3) is 5.91 Å². The number of alkyl halides is 3. The molecule has 1 aliphatic heterocycles. The minimum absolute atomic E-state index is 0.114. The quantitative estimate of drug-likeness (QED) is 0.484. The second kappa shape index (κ2) is 9.40. The standard InChI is InChI=1S/C23H24F5N3O4/c1-11(2)35-21(33)16-15(9-34-5)31(20(32)12-6-7-13(24)14(25)8-12)10-22(3,4)17-18(16)29-30-19(17)23(26,27)28/h6-8,11H,9-10H2,1-5H3,(H,29,30). The van der Waals surface area contributed by atoms with Crippen molar-refractivity contribution in [2.75, 3.05) is 20.3 Å². The molecule has 0 saturated heterocycles. The van der Waals surface area contributed by atoms with Gasteiger partial charge < -0.3 is 14.4 Å². The van der Waals surface area contributed by atoms with Crippen molar-refractivity contribution in [1.29, 1.82) is 0 Å². The highest BCUT2D eigenvalue weighted by atomic mass is 19.4.